The third-order valence-electron chi connectivity index (χ3n) is 6.40. The number of fused-ring (bicyclic) bond motifs is 4. The molecule has 0 N–H and O–H groups in total. The van der Waals surface area contributed by atoms with Crippen molar-refractivity contribution in [3.05, 3.63) is 106 Å². The van der Waals surface area contributed by atoms with Gasteiger partial charge in [0.15, 0.2) is 0 Å². The Kier molecular flexibility index (Phi) is 4.61. The molecule has 2 atom stereocenters. The van der Waals surface area contributed by atoms with Gasteiger partial charge >= 0.3 is 0 Å². The molecule has 3 heterocycles. The van der Waals surface area contributed by atoms with Gasteiger partial charge in [0.1, 0.15) is 0 Å². The van der Waals surface area contributed by atoms with Gasteiger partial charge in [-0.25, -0.2) is 0 Å². The molecule has 0 spiro atoms. The van der Waals surface area contributed by atoms with Crippen molar-refractivity contribution in [2.45, 2.75) is 24.8 Å². The van der Waals surface area contributed by atoms with Crippen molar-refractivity contribution in [3.8, 4) is 0 Å². The molecule has 3 nitrogen and oxygen atoms in total. The van der Waals surface area contributed by atoms with Crippen molar-refractivity contribution < 1.29 is 0 Å². The lowest BCUT2D eigenvalue weighted by molar-refractivity contribution is 0.117. The molecule has 3 heteroatoms. The highest BCUT2D eigenvalue weighted by atomic mass is 16.1. The van der Waals surface area contributed by atoms with E-state index in [1.54, 1.807) is 6.07 Å². The molecule has 142 valence electrons. The SMILES string of the molecule is O=c1cccc2n1CC1CC2CN(CC(c2ccccc2)c2ccccc2)C1. The first-order valence-corrected chi connectivity index (χ1v) is 10.3. The molecule has 2 aromatic carbocycles. The van der Waals surface area contributed by atoms with E-state index in [-0.39, 0.29) is 5.56 Å². The van der Waals surface area contributed by atoms with E-state index < -0.39 is 0 Å². The van der Waals surface area contributed by atoms with Crippen LogP contribution in [0.25, 0.3) is 0 Å². The summed E-state index contributed by atoms with van der Waals surface area (Å²) in [5.74, 6) is 1.41. The molecule has 0 amide bonds. The second-order valence-corrected chi connectivity index (χ2v) is 8.29. The monoisotopic (exact) mass is 370 g/mol. The molecule has 2 aliphatic heterocycles. The van der Waals surface area contributed by atoms with Gasteiger partial charge in [-0.2, -0.15) is 0 Å². The number of benzene rings is 2. The molecule has 1 saturated heterocycles. The Balaban J connectivity index is 1.43. The van der Waals surface area contributed by atoms with Crippen molar-refractivity contribution in [1.29, 1.82) is 0 Å². The predicted octanol–water partition coefficient (Wildman–Crippen LogP) is 4.10. The van der Waals surface area contributed by atoms with E-state index in [9.17, 15) is 4.79 Å². The van der Waals surface area contributed by atoms with Crippen molar-refractivity contribution in [2.75, 3.05) is 19.6 Å². The standard InChI is InChI=1S/C25H26N2O/c28-25-13-7-12-24-22-14-19(16-27(24)25)15-26(17-22)18-23(20-8-3-1-4-9-20)21-10-5-2-6-11-21/h1-13,19,22-23H,14-18H2. The fraction of sp³-hybridized carbons (Fsp3) is 0.320. The third-order valence-corrected chi connectivity index (χ3v) is 6.40. The van der Waals surface area contributed by atoms with E-state index in [1.807, 2.05) is 10.6 Å². The number of rotatable bonds is 4. The van der Waals surface area contributed by atoms with Gasteiger partial charge in [0.05, 0.1) is 0 Å². The van der Waals surface area contributed by atoms with Gasteiger partial charge in [-0.1, -0.05) is 66.7 Å². The second-order valence-electron chi connectivity index (χ2n) is 8.29. The summed E-state index contributed by atoms with van der Waals surface area (Å²) in [4.78, 5) is 14.9. The molecule has 0 radical (unpaired) electrons. The lowest BCUT2D eigenvalue weighted by atomic mass is 9.82. The summed E-state index contributed by atoms with van der Waals surface area (Å²) >= 11 is 0. The molecular formula is C25H26N2O. The van der Waals surface area contributed by atoms with E-state index >= 15 is 0 Å². The van der Waals surface area contributed by atoms with E-state index in [2.05, 4.69) is 71.6 Å². The zero-order valence-electron chi connectivity index (χ0n) is 16.1. The second kappa shape index (κ2) is 7.40. The van der Waals surface area contributed by atoms with Crippen LogP contribution in [0.3, 0.4) is 0 Å². The van der Waals surface area contributed by atoms with Crippen LogP contribution in [0.1, 0.15) is 35.1 Å². The molecule has 3 aromatic rings. The van der Waals surface area contributed by atoms with Crippen LogP contribution >= 0.6 is 0 Å². The molecule has 5 rings (SSSR count). The fourth-order valence-corrected chi connectivity index (χ4v) is 5.18. The van der Waals surface area contributed by atoms with E-state index in [0.29, 0.717) is 17.8 Å². The Labute approximate surface area is 166 Å². The average molecular weight is 370 g/mol. The smallest absolute Gasteiger partial charge is 0.250 e. The fourth-order valence-electron chi connectivity index (χ4n) is 5.18. The zero-order valence-corrected chi connectivity index (χ0v) is 16.1. The first kappa shape index (κ1) is 17.4. The van der Waals surface area contributed by atoms with Gasteiger partial charge in [0, 0.05) is 49.8 Å². The highest BCUT2D eigenvalue weighted by Gasteiger charge is 2.35. The molecule has 0 aliphatic carbocycles. The maximum absolute atomic E-state index is 12.3. The largest absolute Gasteiger partial charge is 0.312 e. The number of piperidine rings is 1. The summed E-state index contributed by atoms with van der Waals surface area (Å²) in [6, 6.07) is 27.5. The number of pyridine rings is 1. The Morgan fingerprint density at radius 3 is 2.14 bits per heavy atom. The zero-order chi connectivity index (χ0) is 18.9. The summed E-state index contributed by atoms with van der Waals surface area (Å²) in [6.07, 6.45) is 1.21. The van der Waals surface area contributed by atoms with E-state index in [4.69, 9.17) is 0 Å². The minimum atomic E-state index is 0.159. The van der Waals surface area contributed by atoms with Crippen LogP contribution in [0, 0.1) is 5.92 Å². The minimum Gasteiger partial charge on any atom is -0.312 e. The molecule has 2 aliphatic rings. The summed E-state index contributed by atoms with van der Waals surface area (Å²) < 4.78 is 2.02. The number of hydrogen-bond donors (Lipinski definition) is 0. The number of aromatic nitrogens is 1. The van der Waals surface area contributed by atoms with Crippen LogP contribution in [0.5, 0.6) is 0 Å². The number of nitrogens with zero attached hydrogens (tertiary/aromatic N) is 2. The van der Waals surface area contributed by atoms with Gasteiger partial charge in [0.25, 0.3) is 5.56 Å². The molecule has 0 saturated carbocycles. The molecular weight excluding hydrogens is 344 g/mol. The number of hydrogen-bond acceptors (Lipinski definition) is 2. The minimum absolute atomic E-state index is 0.159. The van der Waals surface area contributed by atoms with Gasteiger partial charge < -0.3 is 9.47 Å². The Hall–Kier alpha value is -2.65. The first-order valence-electron chi connectivity index (χ1n) is 10.3. The summed E-state index contributed by atoms with van der Waals surface area (Å²) in [6.45, 7) is 4.00. The lowest BCUT2D eigenvalue weighted by Crippen LogP contribution is -2.48. The molecule has 28 heavy (non-hydrogen) atoms. The summed E-state index contributed by atoms with van der Waals surface area (Å²) in [5, 5.41) is 0. The van der Waals surface area contributed by atoms with Crippen LogP contribution in [-0.4, -0.2) is 29.1 Å². The third kappa shape index (κ3) is 3.31. The van der Waals surface area contributed by atoms with Crippen molar-refractivity contribution in [3.63, 3.8) is 0 Å². The van der Waals surface area contributed by atoms with Crippen LogP contribution < -0.4 is 5.56 Å². The normalized spacial score (nSPS) is 21.5. The van der Waals surface area contributed by atoms with Gasteiger partial charge in [-0.3, -0.25) is 4.79 Å². The van der Waals surface area contributed by atoms with E-state index in [0.717, 1.165) is 26.2 Å². The first-order chi connectivity index (χ1) is 13.8. The number of likely N-dealkylation sites (tertiary alicyclic amines) is 1. The molecule has 1 fully saturated rings. The summed E-state index contributed by atoms with van der Waals surface area (Å²) in [5.41, 5.74) is 4.14. The lowest BCUT2D eigenvalue weighted by Gasteiger charge is -2.43. The summed E-state index contributed by atoms with van der Waals surface area (Å²) in [7, 11) is 0. The Morgan fingerprint density at radius 2 is 1.46 bits per heavy atom. The Morgan fingerprint density at radius 1 is 0.786 bits per heavy atom. The van der Waals surface area contributed by atoms with Crippen molar-refractivity contribution in [1.82, 2.24) is 9.47 Å². The van der Waals surface area contributed by atoms with Gasteiger partial charge in [-0.05, 0) is 29.5 Å². The van der Waals surface area contributed by atoms with E-state index in [1.165, 1.54) is 23.2 Å². The maximum Gasteiger partial charge on any atom is 0.250 e. The van der Waals surface area contributed by atoms with Crippen molar-refractivity contribution in [2.24, 2.45) is 5.92 Å². The quantitative estimate of drug-likeness (QED) is 0.691. The van der Waals surface area contributed by atoms with Crippen LogP contribution in [0.15, 0.2) is 83.7 Å². The van der Waals surface area contributed by atoms with Gasteiger partial charge in [-0.15, -0.1) is 0 Å². The predicted molar refractivity (Wildman–Crippen MR) is 113 cm³/mol. The van der Waals surface area contributed by atoms with Crippen LogP contribution in [-0.2, 0) is 6.54 Å². The molecule has 1 aromatic heterocycles. The molecule has 2 unspecified atom stereocenters. The average Bonchev–Trinajstić information content (AvgIpc) is 2.74. The van der Waals surface area contributed by atoms with Gasteiger partial charge in [0.2, 0.25) is 0 Å². The highest BCUT2D eigenvalue weighted by molar-refractivity contribution is 5.33. The topological polar surface area (TPSA) is 25.2 Å². The highest BCUT2D eigenvalue weighted by Crippen LogP contribution is 2.36. The Bertz CT molecular complexity index is 956. The maximum atomic E-state index is 12.3. The van der Waals surface area contributed by atoms with Crippen molar-refractivity contribution >= 4 is 0 Å². The molecule has 2 bridgehead atoms. The van der Waals surface area contributed by atoms with Crippen LogP contribution in [0.4, 0.5) is 0 Å². The van der Waals surface area contributed by atoms with Crippen LogP contribution in [0.2, 0.25) is 0 Å².